The predicted molar refractivity (Wildman–Crippen MR) is 53.2 cm³/mol. The Balaban J connectivity index is 2.82. The first kappa shape index (κ1) is 10.6. The van der Waals surface area contributed by atoms with Crippen molar-refractivity contribution in [1.82, 2.24) is 5.32 Å². The molecule has 14 heavy (non-hydrogen) atoms. The lowest BCUT2D eigenvalue weighted by molar-refractivity contribution is -0.118. The molecule has 1 aliphatic rings. The third-order valence-electron chi connectivity index (χ3n) is 1.81. The van der Waals surface area contributed by atoms with Gasteiger partial charge in [-0.15, -0.1) is 6.42 Å². The lowest BCUT2D eigenvalue weighted by Gasteiger charge is -2.12. The fraction of sp³-hybridized carbons (Fsp3) is 0.200. The smallest absolute Gasteiger partial charge is 0.300 e. The van der Waals surface area contributed by atoms with Crippen molar-refractivity contribution in [2.24, 2.45) is 0 Å². The monoisotopic (exact) mass is 209 g/mol. The molecule has 0 heterocycles. The Hall–Kier alpha value is -1.53. The van der Waals surface area contributed by atoms with Gasteiger partial charge in [-0.25, -0.2) is 0 Å². The zero-order valence-electron chi connectivity index (χ0n) is 7.56. The average molecular weight is 210 g/mol. The number of hydrogen-bond acceptors (Lipinski definition) is 2. The summed E-state index contributed by atoms with van der Waals surface area (Å²) in [7, 11) is 0. The normalized spacial score (nSPS) is 16.1. The second-order valence-corrected chi connectivity index (χ2v) is 3.22. The molecule has 0 aromatic rings. The molecule has 0 aliphatic heterocycles. The summed E-state index contributed by atoms with van der Waals surface area (Å²) in [6.07, 6.45) is 6.99. The molecule has 1 amide bonds. The van der Waals surface area contributed by atoms with Crippen LogP contribution in [-0.2, 0) is 9.59 Å². The van der Waals surface area contributed by atoms with Crippen LogP contribution in [0.15, 0.2) is 22.4 Å². The predicted octanol–water partition coefficient (Wildman–Crippen LogP) is 1.11. The van der Waals surface area contributed by atoms with Crippen molar-refractivity contribution in [2.45, 2.75) is 13.3 Å². The van der Waals surface area contributed by atoms with Crippen LogP contribution in [-0.4, -0.2) is 11.7 Å². The SMILES string of the molecule is C#CC(=O)NC1=CCC(C)=C(Cl)C1=O. The van der Waals surface area contributed by atoms with Gasteiger partial charge >= 0.3 is 0 Å². The van der Waals surface area contributed by atoms with Crippen LogP contribution in [0, 0.1) is 12.3 Å². The average Bonchev–Trinajstić information content (AvgIpc) is 2.19. The van der Waals surface area contributed by atoms with Gasteiger partial charge in [0.15, 0.2) is 0 Å². The third kappa shape index (κ3) is 2.04. The summed E-state index contributed by atoms with van der Waals surface area (Å²) >= 11 is 5.73. The highest BCUT2D eigenvalue weighted by Gasteiger charge is 2.20. The highest BCUT2D eigenvalue weighted by atomic mass is 35.5. The van der Waals surface area contributed by atoms with E-state index in [4.69, 9.17) is 18.0 Å². The number of nitrogens with one attached hydrogen (secondary N) is 1. The quantitative estimate of drug-likeness (QED) is 0.658. The molecular formula is C10H8ClNO2. The van der Waals surface area contributed by atoms with Crippen molar-refractivity contribution >= 4 is 23.3 Å². The molecule has 1 rings (SSSR count). The molecule has 3 nitrogen and oxygen atoms in total. The highest BCUT2D eigenvalue weighted by Crippen LogP contribution is 2.22. The van der Waals surface area contributed by atoms with Gasteiger partial charge in [0.25, 0.3) is 5.91 Å². The van der Waals surface area contributed by atoms with Crippen LogP contribution in [0.1, 0.15) is 13.3 Å². The molecule has 72 valence electrons. The molecular weight excluding hydrogens is 202 g/mol. The van der Waals surface area contributed by atoms with Crippen molar-refractivity contribution in [3.05, 3.63) is 22.4 Å². The van der Waals surface area contributed by atoms with Gasteiger partial charge in [-0.2, -0.15) is 0 Å². The van der Waals surface area contributed by atoms with E-state index < -0.39 is 5.91 Å². The topological polar surface area (TPSA) is 46.2 Å². The lowest BCUT2D eigenvalue weighted by Crippen LogP contribution is -2.27. The molecule has 4 heteroatoms. The van der Waals surface area contributed by atoms with Crippen molar-refractivity contribution in [2.75, 3.05) is 0 Å². The van der Waals surface area contributed by atoms with Gasteiger partial charge in [-0.3, -0.25) is 9.59 Å². The van der Waals surface area contributed by atoms with Crippen LogP contribution in [0.25, 0.3) is 0 Å². The fourth-order valence-corrected chi connectivity index (χ4v) is 1.19. The van der Waals surface area contributed by atoms with Crippen LogP contribution in [0.5, 0.6) is 0 Å². The Morgan fingerprint density at radius 3 is 2.93 bits per heavy atom. The van der Waals surface area contributed by atoms with E-state index in [2.05, 4.69) is 5.32 Å². The minimum absolute atomic E-state index is 0.153. The molecule has 0 unspecified atom stereocenters. The second-order valence-electron chi connectivity index (χ2n) is 2.84. The maximum atomic E-state index is 11.4. The van der Waals surface area contributed by atoms with Crippen molar-refractivity contribution < 1.29 is 9.59 Å². The Bertz CT molecular complexity index is 399. The molecule has 0 aromatic carbocycles. The first-order chi connectivity index (χ1) is 6.56. The fourth-order valence-electron chi connectivity index (χ4n) is 1.02. The van der Waals surface area contributed by atoms with Crippen LogP contribution in [0.2, 0.25) is 0 Å². The summed E-state index contributed by atoms with van der Waals surface area (Å²) in [6, 6.07) is 0. The largest absolute Gasteiger partial charge is 0.312 e. The van der Waals surface area contributed by atoms with E-state index in [1.807, 2.05) is 5.92 Å². The highest BCUT2D eigenvalue weighted by molar-refractivity contribution is 6.45. The number of rotatable bonds is 1. The molecule has 1 N–H and O–H groups in total. The minimum Gasteiger partial charge on any atom is -0.312 e. The summed E-state index contributed by atoms with van der Waals surface area (Å²) < 4.78 is 0. The molecule has 0 atom stereocenters. The van der Waals surface area contributed by atoms with E-state index in [9.17, 15) is 9.59 Å². The number of halogens is 1. The summed E-state index contributed by atoms with van der Waals surface area (Å²) in [5.74, 6) is 0.822. The molecule has 0 aromatic heterocycles. The number of allylic oxidation sites excluding steroid dienone is 3. The first-order valence-corrected chi connectivity index (χ1v) is 4.31. The van der Waals surface area contributed by atoms with Crippen molar-refractivity contribution in [1.29, 1.82) is 0 Å². The summed E-state index contributed by atoms with van der Waals surface area (Å²) in [6.45, 7) is 1.76. The minimum atomic E-state index is -0.645. The van der Waals surface area contributed by atoms with Gasteiger partial charge in [0, 0.05) is 0 Å². The van der Waals surface area contributed by atoms with Crippen LogP contribution in [0.3, 0.4) is 0 Å². The van der Waals surface area contributed by atoms with E-state index in [-0.39, 0.29) is 16.5 Å². The summed E-state index contributed by atoms with van der Waals surface area (Å²) in [5, 5.41) is 2.44. The number of hydrogen-bond donors (Lipinski definition) is 1. The molecule has 0 fully saturated rings. The molecule has 1 aliphatic carbocycles. The van der Waals surface area contributed by atoms with Gasteiger partial charge in [0.05, 0.1) is 10.7 Å². The van der Waals surface area contributed by atoms with Gasteiger partial charge in [0.2, 0.25) is 5.78 Å². The summed E-state index contributed by atoms with van der Waals surface area (Å²) in [4.78, 5) is 22.3. The zero-order chi connectivity index (χ0) is 10.7. The van der Waals surface area contributed by atoms with Crippen LogP contribution >= 0.6 is 11.6 Å². The van der Waals surface area contributed by atoms with Crippen LogP contribution in [0.4, 0.5) is 0 Å². The van der Waals surface area contributed by atoms with E-state index in [0.29, 0.717) is 6.42 Å². The third-order valence-corrected chi connectivity index (χ3v) is 2.30. The van der Waals surface area contributed by atoms with Gasteiger partial charge in [-0.1, -0.05) is 17.7 Å². The molecule has 0 radical (unpaired) electrons. The Morgan fingerprint density at radius 2 is 2.36 bits per heavy atom. The number of terminal acetylenes is 1. The zero-order valence-corrected chi connectivity index (χ0v) is 8.31. The Morgan fingerprint density at radius 1 is 1.71 bits per heavy atom. The van der Waals surface area contributed by atoms with E-state index >= 15 is 0 Å². The van der Waals surface area contributed by atoms with E-state index in [1.165, 1.54) is 0 Å². The lowest BCUT2D eigenvalue weighted by atomic mass is 10.0. The molecule has 0 bridgehead atoms. The number of carbonyl (C=O) groups is 2. The van der Waals surface area contributed by atoms with Crippen molar-refractivity contribution in [3.63, 3.8) is 0 Å². The molecule has 0 spiro atoms. The maximum Gasteiger partial charge on any atom is 0.300 e. The Kier molecular flexibility index (Phi) is 3.10. The number of amides is 1. The number of carbonyl (C=O) groups excluding carboxylic acids is 2. The van der Waals surface area contributed by atoms with Gasteiger partial charge in [0.1, 0.15) is 0 Å². The second kappa shape index (κ2) is 4.12. The van der Waals surface area contributed by atoms with Gasteiger partial charge in [-0.05, 0) is 24.8 Å². The van der Waals surface area contributed by atoms with E-state index in [0.717, 1.165) is 5.57 Å². The molecule has 0 saturated carbocycles. The van der Waals surface area contributed by atoms with Gasteiger partial charge < -0.3 is 5.32 Å². The van der Waals surface area contributed by atoms with E-state index in [1.54, 1.807) is 13.0 Å². The summed E-state index contributed by atoms with van der Waals surface area (Å²) in [5.41, 5.74) is 0.943. The van der Waals surface area contributed by atoms with Crippen molar-refractivity contribution in [3.8, 4) is 12.3 Å². The Labute approximate surface area is 86.8 Å². The molecule has 0 saturated heterocycles. The van der Waals surface area contributed by atoms with Crippen LogP contribution < -0.4 is 5.32 Å². The number of ketones is 1. The number of Topliss-reactive ketones (excluding diaryl/α,β-unsaturated/α-hetero) is 1. The first-order valence-electron chi connectivity index (χ1n) is 3.94. The standard InChI is InChI=1S/C10H8ClNO2/c1-3-8(13)12-7-5-4-6(2)9(11)10(7)14/h1,5H,4H2,2H3,(H,12,13). The maximum absolute atomic E-state index is 11.4.